The molecular formula is C20H17FN8O. The van der Waals surface area contributed by atoms with Gasteiger partial charge in [-0.3, -0.25) is 9.20 Å². The number of nitriles is 2. The Kier molecular flexibility index (Phi) is 5.22. The molecule has 3 aromatic heterocycles. The van der Waals surface area contributed by atoms with Gasteiger partial charge in [-0.15, -0.1) is 0 Å². The van der Waals surface area contributed by atoms with Crippen LogP contribution in [0.2, 0.25) is 0 Å². The molecule has 1 saturated heterocycles. The van der Waals surface area contributed by atoms with Gasteiger partial charge in [0.05, 0.1) is 18.5 Å². The van der Waals surface area contributed by atoms with Crippen LogP contribution in [0.1, 0.15) is 24.8 Å². The molecule has 4 heterocycles. The van der Waals surface area contributed by atoms with Crippen molar-refractivity contribution in [2.75, 3.05) is 18.4 Å². The van der Waals surface area contributed by atoms with Crippen LogP contribution in [0.5, 0.6) is 0 Å². The van der Waals surface area contributed by atoms with Crippen LogP contribution < -0.4 is 5.32 Å². The third-order valence-electron chi connectivity index (χ3n) is 4.95. The topological polar surface area (TPSA) is 123 Å². The van der Waals surface area contributed by atoms with Crippen LogP contribution >= 0.6 is 0 Å². The molecule has 4 rings (SSSR count). The van der Waals surface area contributed by atoms with Gasteiger partial charge in [0.1, 0.15) is 41.0 Å². The normalized spacial score (nSPS) is 16.1. The van der Waals surface area contributed by atoms with Crippen molar-refractivity contribution in [1.29, 1.82) is 10.5 Å². The summed E-state index contributed by atoms with van der Waals surface area (Å²) in [6, 6.07) is 6.70. The molecule has 0 radical (unpaired) electrons. The molecule has 3 aromatic rings. The number of fused-ring (bicyclic) bond motifs is 1. The van der Waals surface area contributed by atoms with Crippen molar-refractivity contribution in [2.24, 2.45) is 0 Å². The molecule has 1 atom stereocenters. The smallest absolute Gasteiger partial charge is 0.236 e. The summed E-state index contributed by atoms with van der Waals surface area (Å²) in [7, 11) is 0. The quantitative estimate of drug-likeness (QED) is 0.706. The van der Waals surface area contributed by atoms with Crippen molar-refractivity contribution < 1.29 is 9.18 Å². The molecule has 9 nitrogen and oxygen atoms in total. The number of hydrogen-bond acceptors (Lipinski definition) is 7. The number of carbonyl (C=O) groups is 1. The van der Waals surface area contributed by atoms with E-state index in [9.17, 15) is 14.4 Å². The summed E-state index contributed by atoms with van der Waals surface area (Å²) in [5.74, 6) is 0.00924. The highest BCUT2D eigenvalue weighted by atomic mass is 19.1. The average molecular weight is 404 g/mol. The zero-order valence-electron chi connectivity index (χ0n) is 15.9. The van der Waals surface area contributed by atoms with Crippen molar-refractivity contribution in [2.45, 2.75) is 25.3 Å². The van der Waals surface area contributed by atoms with Crippen molar-refractivity contribution >= 4 is 17.4 Å². The van der Waals surface area contributed by atoms with E-state index < -0.39 is 5.82 Å². The Morgan fingerprint density at radius 1 is 1.30 bits per heavy atom. The number of hydrogen-bond donors (Lipinski definition) is 1. The van der Waals surface area contributed by atoms with E-state index in [-0.39, 0.29) is 23.9 Å². The molecule has 30 heavy (non-hydrogen) atoms. The largest absolute Gasteiger partial charge is 0.364 e. The lowest BCUT2D eigenvalue weighted by Crippen LogP contribution is -2.45. The Hall–Kier alpha value is -4.05. The van der Waals surface area contributed by atoms with E-state index in [4.69, 9.17) is 5.26 Å². The molecule has 1 aliphatic heterocycles. The predicted molar refractivity (Wildman–Crippen MR) is 104 cm³/mol. The highest BCUT2D eigenvalue weighted by Gasteiger charge is 2.24. The lowest BCUT2D eigenvalue weighted by atomic mass is 10.1. The number of amides is 1. The lowest BCUT2D eigenvalue weighted by Gasteiger charge is -2.33. The van der Waals surface area contributed by atoms with Crippen LogP contribution in [0, 0.1) is 28.5 Å². The number of rotatable bonds is 4. The fraction of sp³-hybridized carbons (Fsp3) is 0.300. The number of nitrogens with one attached hydrogen (secondary N) is 1. The predicted octanol–water partition coefficient (Wildman–Crippen LogP) is 2.12. The first-order chi connectivity index (χ1) is 14.6. The summed E-state index contributed by atoms with van der Waals surface area (Å²) < 4.78 is 15.2. The summed E-state index contributed by atoms with van der Waals surface area (Å²) >= 11 is 0. The minimum absolute atomic E-state index is 0.115. The van der Waals surface area contributed by atoms with E-state index in [0.29, 0.717) is 36.1 Å². The van der Waals surface area contributed by atoms with Gasteiger partial charge in [-0.25, -0.2) is 19.3 Å². The first kappa shape index (κ1) is 19.3. The fourth-order valence-corrected chi connectivity index (χ4v) is 3.51. The first-order valence-corrected chi connectivity index (χ1v) is 9.40. The van der Waals surface area contributed by atoms with Crippen LogP contribution in [-0.4, -0.2) is 49.3 Å². The van der Waals surface area contributed by atoms with Crippen LogP contribution in [0.25, 0.3) is 17.2 Å². The van der Waals surface area contributed by atoms with Crippen molar-refractivity contribution in [1.82, 2.24) is 24.3 Å². The number of imidazole rings is 1. The minimum Gasteiger partial charge on any atom is -0.364 e. The van der Waals surface area contributed by atoms with Gasteiger partial charge in [0, 0.05) is 25.3 Å². The summed E-state index contributed by atoms with van der Waals surface area (Å²) in [6.45, 7) is 1.03. The van der Waals surface area contributed by atoms with E-state index in [2.05, 4.69) is 26.3 Å². The molecule has 10 heteroatoms. The second-order valence-electron chi connectivity index (χ2n) is 6.94. The Balaban J connectivity index is 1.62. The van der Waals surface area contributed by atoms with Gasteiger partial charge in [0.25, 0.3) is 0 Å². The zero-order valence-corrected chi connectivity index (χ0v) is 15.9. The van der Waals surface area contributed by atoms with Crippen LogP contribution in [0.3, 0.4) is 0 Å². The molecule has 0 bridgehead atoms. The average Bonchev–Trinajstić information content (AvgIpc) is 3.17. The summed E-state index contributed by atoms with van der Waals surface area (Å²) in [4.78, 5) is 26.6. The van der Waals surface area contributed by atoms with Gasteiger partial charge >= 0.3 is 0 Å². The third kappa shape index (κ3) is 3.76. The number of halogens is 1. The fourth-order valence-electron chi connectivity index (χ4n) is 3.51. The van der Waals surface area contributed by atoms with Crippen molar-refractivity contribution in [3.63, 3.8) is 0 Å². The second-order valence-corrected chi connectivity index (χ2v) is 6.94. The molecule has 1 amide bonds. The number of carbonyl (C=O) groups excluding carboxylic acids is 1. The molecule has 0 aliphatic carbocycles. The van der Waals surface area contributed by atoms with Crippen LogP contribution in [0.4, 0.5) is 10.2 Å². The maximum absolute atomic E-state index is 13.7. The van der Waals surface area contributed by atoms with E-state index in [1.165, 1.54) is 18.5 Å². The number of anilines is 1. The van der Waals surface area contributed by atoms with Gasteiger partial charge in [-0.1, -0.05) is 0 Å². The highest BCUT2D eigenvalue weighted by molar-refractivity contribution is 5.78. The third-order valence-corrected chi connectivity index (χ3v) is 4.95. The molecule has 1 fully saturated rings. The summed E-state index contributed by atoms with van der Waals surface area (Å²) in [5, 5.41) is 21.4. The van der Waals surface area contributed by atoms with Crippen LogP contribution in [0.15, 0.2) is 30.7 Å². The Bertz CT molecular complexity index is 1190. The number of likely N-dealkylation sites (tertiary alicyclic amines) is 1. The van der Waals surface area contributed by atoms with Gasteiger partial charge in [0.2, 0.25) is 5.91 Å². The Labute approximate surface area is 171 Å². The summed E-state index contributed by atoms with van der Waals surface area (Å²) in [5.41, 5.74) is 1.30. The van der Waals surface area contributed by atoms with Crippen LogP contribution in [-0.2, 0) is 4.79 Å². The highest BCUT2D eigenvalue weighted by Crippen LogP contribution is 2.23. The van der Waals surface area contributed by atoms with E-state index in [1.807, 2.05) is 6.07 Å². The number of nitrogens with zero attached hydrogens (tertiary/aromatic N) is 7. The first-order valence-electron chi connectivity index (χ1n) is 9.40. The van der Waals surface area contributed by atoms with Gasteiger partial charge in [-0.2, -0.15) is 10.5 Å². The summed E-state index contributed by atoms with van der Waals surface area (Å²) in [6.07, 6.45) is 5.67. The second kappa shape index (κ2) is 8.13. The molecule has 150 valence electrons. The molecular weight excluding hydrogens is 387 g/mol. The number of pyridine rings is 1. The molecule has 0 spiro atoms. The molecule has 1 aliphatic rings. The SMILES string of the molecule is N#CCC(=O)N1CCC[C@@H](Nc2nc(-c3cnc4ccc(F)cn34)ncc2C#N)C1. The standard InChI is InChI=1S/C20H17FN8O/c21-14-3-4-17-24-10-16(29(17)11-14)20-25-9-13(8-23)19(27-20)26-15-2-1-7-28(12-15)18(30)5-6-22/h3-4,9-11,15H,1-2,5,7,12H2,(H,25,26,27)/t15-/m1/s1. The monoisotopic (exact) mass is 404 g/mol. The zero-order chi connectivity index (χ0) is 21.1. The number of piperidine rings is 1. The van der Waals surface area contributed by atoms with E-state index in [1.54, 1.807) is 21.6 Å². The minimum atomic E-state index is -0.418. The van der Waals surface area contributed by atoms with Gasteiger partial charge in [-0.05, 0) is 25.0 Å². The van der Waals surface area contributed by atoms with E-state index >= 15 is 0 Å². The molecule has 0 aromatic carbocycles. The Morgan fingerprint density at radius 3 is 2.97 bits per heavy atom. The molecule has 0 saturated carbocycles. The molecule has 1 N–H and O–H groups in total. The number of aromatic nitrogens is 4. The maximum Gasteiger partial charge on any atom is 0.236 e. The maximum atomic E-state index is 13.7. The van der Waals surface area contributed by atoms with Gasteiger partial charge in [0.15, 0.2) is 5.82 Å². The Morgan fingerprint density at radius 2 is 2.17 bits per heavy atom. The van der Waals surface area contributed by atoms with E-state index in [0.717, 1.165) is 12.8 Å². The van der Waals surface area contributed by atoms with Crippen molar-refractivity contribution in [3.05, 3.63) is 42.1 Å². The lowest BCUT2D eigenvalue weighted by molar-refractivity contribution is -0.131. The van der Waals surface area contributed by atoms with Crippen molar-refractivity contribution in [3.8, 4) is 23.7 Å². The molecule has 0 unspecified atom stereocenters. The van der Waals surface area contributed by atoms with Gasteiger partial charge < -0.3 is 10.2 Å².